The first-order valence-corrected chi connectivity index (χ1v) is 8.73. The summed E-state index contributed by atoms with van der Waals surface area (Å²) < 4.78 is 5.17. The fourth-order valence-electron chi connectivity index (χ4n) is 3.03. The van der Waals surface area contributed by atoms with E-state index in [1.54, 1.807) is 18.2 Å². The number of nitrogens with zero attached hydrogens (tertiary/aromatic N) is 1. The van der Waals surface area contributed by atoms with Gasteiger partial charge in [0.25, 0.3) is 11.6 Å². The minimum Gasteiger partial charge on any atom is -0.496 e. The molecule has 2 N–H and O–H groups in total. The normalized spacial score (nSPS) is 11.6. The van der Waals surface area contributed by atoms with Crippen molar-refractivity contribution in [2.24, 2.45) is 0 Å². The first-order valence-electron chi connectivity index (χ1n) is 8.73. The van der Waals surface area contributed by atoms with Gasteiger partial charge in [-0.3, -0.25) is 14.9 Å². The highest BCUT2D eigenvalue weighted by molar-refractivity contribution is 6.00. The second-order valence-electron chi connectivity index (χ2n) is 6.38. The smallest absolute Gasteiger partial charge is 0.326 e. The number of carboxylic acid groups (broad SMARTS) is 1. The zero-order chi connectivity index (χ0) is 21.0. The third-order valence-electron chi connectivity index (χ3n) is 4.51. The van der Waals surface area contributed by atoms with E-state index in [1.165, 1.54) is 25.3 Å². The summed E-state index contributed by atoms with van der Waals surface area (Å²) in [5, 5.41) is 24.9. The van der Waals surface area contributed by atoms with E-state index in [0.29, 0.717) is 16.9 Å². The lowest BCUT2D eigenvalue weighted by atomic mass is 10.0. The summed E-state index contributed by atoms with van der Waals surface area (Å²) in [5.74, 6) is -1.50. The Hall–Kier alpha value is -3.94. The molecule has 0 bridgehead atoms. The number of hydrogen-bond acceptors (Lipinski definition) is 5. The molecule has 0 radical (unpaired) electrons. The van der Waals surface area contributed by atoms with Crippen LogP contribution < -0.4 is 10.1 Å². The Morgan fingerprint density at radius 2 is 1.83 bits per heavy atom. The molecule has 148 valence electrons. The maximum absolute atomic E-state index is 12.6. The maximum atomic E-state index is 12.6. The third kappa shape index (κ3) is 4.49. The number of non-ortho nitro benzene ring substituents is 1. The van der Waals surface area contributed by atoms with E-state index in [-0.39, 0.29) is 12.1 Å². The van der Waals surface area contributed by atoms with Gasteiger partial charge >= 0.3 is 5.97 Å². The Morgan fingerprint density at radius 3 is 2.48 bits per heavy atom. The SMILES string of the molecule is COc1ccc([N+](=O)[O-])cc1C[C@H](NC(=O)c1ccc2ccccc2c1)C(=O)O. The van der Waals surface area contributed by atoms with Crippen LogP contribution in [0.1, 0.15) is 15.9 Å². The molecule has 0 aliphatic heterocycles. The van der Waals surface area contributed by atoms with Crippen molar-refractivity contribution in [3.63, 3.8) is 0 Å². The van der Waals surface area contributed by atoms with Gasteiger partial charge in [-0.2, -0.15) is 0 Å². The van der Waals surface area contributed by atoms with Crippen LogP contribution in [0.2, 0.25) is 0 Å². The Kier molecular flexibility index (Phi) is 5.73. The number of nitro groups is 1. The van der Waals surface area contributed by atoms with Crippen LogP contribution >= 0.6 is 0 Å². The molecule has 1 atom stereocenters. The first-order chi connectivity index (χ1) is 13.9. The summed E-state index contributed by atoms with van der Waals surface area (Å²) in [5.41, 5.74) is 0.444. The number of carboxylic acids is 1. The lowest BCUT2D eigenvalue weighted by molar-refractivity contribution is -0.384. The van der Waals surface area contributed by atoms with Gasteiger partial charge in [0.15, 0.2) is 0 Å². The van der Waals surface area contributed by atoms with Crippen LogP contribution in [-0.4, -0.2) is 35.1 Å². The summed E-state index contributed by atoms with van der Waals surface area (Å²) in [6.45, 7) is 0. The van der Waals surface area contributed by atoms with Crippen LogP contribution in [0.5, 0.6) is 5.75 Å². The minimum absolute atomic E-state index is 0.167. The zero-order valence-corrected chi connectivity index (χ0v) is 15.5. The molecule has 0 saturated heterocycles. The number of fused-ring (bicyclic) bond motifs is 1. The van der Waals surface area contributed by atoms with Crippen LogP contribution in [0.4, 0.5) is 5.69 Å². The molecular formula is C21H18N2O6. The quantitative estimate of drug-likeness (QED) is 0.469. The standard InChI is InChI=1S/C21H18N2O6/c1-29-19-9-8-17(23(27)28)11-16(19)12-18(21(25)26)22-20(24)15-7-6-13-4-2-3-5-14(13)10-15/h2-11,18H,12H2,1H3,(H,22,24)(H,25,26)/t18-/m0/s1. The van der Waals surface area contributed by atoms with Crippen molar-refractivity contribution in [1.82, 2.24) is 5.32 Å². The number of aliphatic carboxylic acids is 1. The van der Waals surface area contributed by atoms with Crippen molar-refractivity contribution in [2.45, 2.75) is 12.5 Å². The number of hydrogen-bond donors (Lipinski definition) is 2. The Labute approximate surface area is 165 Å². The predicted octanol–water partition coefficient (Wildman–Crippen LogP) is 3.18. The van der Waals surface area contributed by atoms with E-state index in [9.17, 15) is 24.8 Å². The molecule has 0 saturated carbocycles. The molecule has 0 heterocycles. The highest BCUT2D eigenvalue weighted by Gasteiger charge is 2.24. The van der Waals surface area contributed by atoms with Crippen molar-refractivity contribution < 1.29 is 24.4 Å². The third-order valence-corrected chi connectivity index (χ3v) is 4.51. The van der Waals surface area contributed by atoms with E-state index >= 15 is 0 Å². The van der Waals surface area contributed by atoms with Crippen LogP contribution in [0.25, 0.3) is 10.8 Å². The van der Waals surface area contributed by atoms with Gasteiger partial charge in [-0.25, -0.2) is 4.79 Å². The van der Waals surface area contributed by atoms with Crippen molar-refractivity contribution >= 4 is 28.3 Å². The number of carbonyl (C=O) groups excluding carboxylic acids is 1. The maximum Gasteiger partial charge on any atom is 0.326 e. The molecule has 3 aromatic rings. The second-order valence-corrected chi connectivity index (χ2v) is 6.38. The molecule has 29 heavy (non-hydrogen) atoms. The summed E-state index contributed by atoms with van der Waals surface area (Å²) in [4.78, 5) is 34.8. The molecule has 0 aliphatic rings. The number of methoxy groups -OCH3 is 1. The fraction of sp³-hybridized carbons (Fsp3) is 0.143. The van der Waals surface area contributed by atoms with Gasteiger partial charge in [0.05, 0.1) is 12.0 Å². The van der Waals surface area contributed by atoms with Gasteiger partial charge in [0.1, 0.15) is 11.8 Å². The van der Waals surface area contributed by atoms with E-state index in [2.05, 4.69) is 5.32 Å². The fourth-order valence-corrected chi connectivity index (χ4v) is 3.03. The highest BCUT2D eigenvalue weighted by Crippen LogP contribution is 2.25. The van der Waals surface area contributed by atoms with Crippen molar-refractivity contribution in [1.29, 1.82) is 0 Å². The molecule has 0 aromatic heterocycles. The molecule has 0 spiro atoms. The number of nitrogens with one attached hydrogen (secondary N) is 1. The van der Waals surface area contributed by atoms with Gasteiger partial charge in [-0.1, -0.05) is 30.3 Å². The average Bonchev–Trinajstić information content (AvgIpc) is 2.72. The van der Waals surface area contributed by atoms with Gasteiger partial charge in [-0.05, 0) is 29.0 Å². The summed E-state index contributed by atoms with van der Waals surface area (Å²) in [7, 11) is 1.38. The summed E-state index contributed by atoms with van der Waals surface area (Å²) in [6.07, 6.45) is -0.167. The molecule has 0 fully saturated rings. The molecule has 8 heteroatoms. The highest BCUT2D eigenvalue weighted by atomic mass is 16.6. The number of rotatable bonds is 7. The number of nitro benzene ring substituents is 1. The van der Waals surface area contributed by atoms with E-state index in [4.69, 9.17) is 4.74 Å². The Morgan fingerprint density at radius 1 is 1.10 bits per heavy atom. The Bertz CT molecular complexity index is 1100. The molecule has 0 aliphatic carbocycles. The van der Waals surface area contributed by atoms with E-state index < -0.39 is 22.8 Å². The topological polar surface area (TPSA) is 119 Å². The minimum atomic E-state index is -1.29. The molecule has 8 nitrogen and oxygen atoms in total. The summed E-state index contributed by atoms with van der Waals surface area (Å²) >= 11 is 0. The summed E-state index contributed by atoms with van der Waals surface area (Å²) in [6, 6.07) is 15.2. The zero-order valence-electron chi connectivity index (χ0n) is 15.5. The van der Waals surface area contributed by atoms with Crippen LogP contribution in [0, 0.1) is 10.1 Å². The molecule has 3 rings (SSSR count). The van der Waals surface area contributed by atoms with Crippen molar-refractivity contribution in [2.75, 3.05) is 7.11 Å². The largest absolute Gasteiger partial charge is 0.496 e. The first kappa shape index (κ1) is 19.8. The van der Waals surface area contributed by atoms with Crippen LogP contribution in [0.3, 0.4) is 0 Å². The van der Waals surface area contributed by atoms with Crippen LogP contribution in [-0.2, 0) is 11.2 Å². The lowest BCUT2D eigenvalue weighted by Gasteiger charge is -2.16. The predicted molar refractivity (Wildman–Crippen MR) is 106 cm³/mol. The number of amides is 1. The van der Waals surface area contributed by atoms with E-state index in [0.717, 1.165) is 10.8 Å². The lowest BCUT2D eigenvalue weighted by Crippen LogP contribution is -2.42. The van der Waals surface area contributed by atoms with E-state index in [1.807, 2.05) is 24.3 Å². The van der Waals surface area contributed by atoms with Crippen molar-refractivity contribution in [3.8, 4) is 5.75 Å². The molecular weight excluding hydrogens is 376 g/mol. The molecule has 3 aromatic carbocycles. The van der Waals surface area contributed by atoms with Gasteiger partial charge in [0.2, 0.25) is 0 Å². The second kappa shape index (κ2) is 8.39. The van der Waals surface area contributed by atoms with Crippen LogP contribution in [0.15, 0.2) is 60.7 Å². The molecule has 0 unspecified atom stereocenters. The average molecular weight is 394 g/mol. The number of benzene rings is 3. The van der Waals surface area contributed by atoms with Gasteiger partial charge in [0, 0.05) is 29.7 Å². The Balaban J connectivity index is 1.84. The molecule has 1 amide bonds. The monoisotopic (exact) mass is 394 g/mol. The van der Waals surface area contributed by atoms with Crippen molar-refractivity contribution in [3.05, 3.63) is 81.9 Å². The number of carbonyl (C=O) groups is 2. The number of ether oxygens (including phenoxy) is 1. The van der Waals surface area contributed by atoms with Gasteiger partial charge < -0.3 is 15.2 Å². The van der Waals surface area contributed by atoms with Gasteiger partial charge in [-0.15, -0.1) is 0 Å².